The van der Waals surface area contributed by atoms with Crippen LogP contribution in [-0.2, 0) is 16.1 Å². The average Bonchev–Trinajstić information content (AvgIpc) is 2.74. The molecule has 1 aliphatic rings. The Morgan fingerprint density at radius 1 is 1.44 bits per heavy atom. The van der Waals surface area contributed by atoms with Gasteiger partial charge in [-0.1, -0.05) is 12.1 Å². The molecule has 1 aromatic rings. The van der Waals surface area contributed by atoms with Crippen LogP contribution in [0.2, 0.25) is 0 Å². The quantitative estimate of drug-likeness (QED) is 0.782. The smallest absolute Gasteiger partial charge is 0.216 e. The predicted molar refractivity (Wildman–Crippen MR) is 62.2 cm³/mol. The lowest BCUT2D eigenvalue weighted by atomic mass is 10.1. The summed E-state index contributed by atoms with van der Waals surface area (Å²) in [6, 6.07) is 8.38. The number of hydrogen-bond acceptors (Lipinski definition) is 4. The molecule has 0 amide bonds. The number of nitrogens with zero attached hydrogens (tertiary/aromatic N) is 1. The summed E-state index contributed by atoms with van der Waals surface area (Å²) in [5.41, 5.74) is 5.00. The van der Waals surface area contributed by atoms with Gasteiger partial charge in [-0.2, -0.15) is 5.48 Å². The van der Waals surface area contributed by atoms with Gasteiger partial charge in [-0.05, 0) is 24.6 Å². The van der Waals surface area contributed by atoms with Crippen molar-refractivity contribution in [2.45, 2.75) is 19.5 Å². The fourth-order valence-electron chi connectivity index (χ4n) is 1.55. The average molecular weight is 220 g/mol. The molecule has 0 radical (unpaired) electrons. The maximum Gasteiger partial charge on any atom is 0.216 e. The van der Waals surface area contributed by atoms with Gasteiger partial charge in [0.15, 0.2) is 0 Å². The Kier molecular flexibility index (Phi) is 3.54. The highest BCUT2D eigenvalue weighted by atomic mass is 16.6. The molecule has 1 aromatic carbocycles. The van der Waals surface area contributed by atoms with Crippen molar-refractivity contribution in [2.24, 2.45) is 4.99 Å². The summed E-state index contributed by atoms with van der Waals surface area (Å²) in [6.07, 6.45) is 0. The third-order valence-corrected chi connectivity index (χ3v) is 2.42. The van der Waals surface area contributed by atoms with E-state index in [0.717, 1.165) is 17.0 Å². The van der Waals surface area contributed by atoms with Crippen LogP contribution in [0, 0.1) is 0 Å². The maximum absolute atomic E-state index is 5.48. The van der Waals surface area contributed by atoms with Crippen LogP contribution in [0.5, 0.6) is 0 Å². The van der Waals surface area contributed by atoms with Crippen molar-refractivity contribution in [1.82, 2.24) is 5.48 Å². The van der Waals surface area contributed by atoms with Crippen LogP contribution in [0.1, 0.15) is 18.1 Å². The van der Waals surface area contributed by atoms with Crippen molar-refractivity contribution >= 4 is 5.90 Å². The van der Waals surface area contributed by atoms with Crippen molar-refractivity contribution in [3.05, 3.63) is 35.4 Å². The Morgan fingerprint density at radius 3 is 2.75 bits per heavy atom. The van der Waals surface area contributed by atoms with Crippen LogP contribution in [0.15, 0.2) is 29.3 Å². The minimum absolute atomic E-state index is 0.268. The molecule has 0 bridgehead atoms. The highest BCUT2D eigenvalue weighted by molar-refractivity contribution is 5.95. The second-order valence-electron chi connectivity index (χ2n) is 3.82. The molecule has 0 aliphatic carbocycles. The van der Waals surface area contributed by atoms with E-state index in [1.54, 1.807) is 7.11 Å². The zero-order valence-electron chi connectivity index (χ0n) is 9.56. The summed E-state index contributed by atoms with van der Waals surface area (Å²) in [5, 5.41) is 0. The first-order chi connectivity index (χ1) is 7.79. The van der Waals surface area contributed by atoms with Gasteiger partial charge >= 0.3 is 0 Å². The zero-order valence-corrected chi connectivity index (χ0v) is 9.56. The van der Waals surface area contributed by atoms with Crippen LogP contribution in [0.4, 0.5) is 0 Å². The number of rotatable bonds is 4. The first-order valence-electron chi connectivity index (χ1n) is 5.35. The van der Waals surface area contributed by atoms with Crippen molar-refractivity contribution in [3.8, 4) is 0 Å². The molecule has 0 saturated carbocycles. The number of ether oxygens (including phenoxy) is 1. The van der Waals surface area contributed by atoms with Gasteiger partial charge in [0.1, 0.15) is 6.61 Å². The van der Waals surface area contributed by atoms with E-state index in [-0.39, 0.29) is 6.04 Å². The molecule has 1 heterocycles. The van der Waals surface area contributed by atoms with E-state index in [1.807, 2.05) is 31.2 Å². The second kappa shape index (κ2) is 5.09. The van der Waals surface area contributed by atoms with Crippen LogP contribution in [-0.4, -0.2) is 25.7 Å². The number of benzene rings is 1. The van der Waals surface area contributed by atoms with Gasteiger partial charge < -0.3 is 9.57 Å². The summed E-state index contributed by atoms with van der Waals surface area (Å²) in [5.74, 6) is 0.749. The highest BCUT2D eigenvalue weighted by Crippen LogP contribution is 2.12. The van der Waals surface area contributed by atoms with E-state index in [0.29, 0.717) is 13.2 Å². The molecule has 1 unspecified atom stereocenters. The first-order valence-corrected chi connectivity index (χ1v) is 5.35. The predicted octanol–water partition coefficient (Wildman–Crippen LogP) is 1.50. The van der Waals surface area contributed by atoms with E-state index in [1.165, 1.54) is 0 Å². The van der Waals surface area contributed by atoms with Crippen LogP contribution in [0.3, 0.4) is 0 Å². The van der Waals surface area contributed by atoms with Crippen LogP contribution in [0.25, 0.3) is 0 Å². The minimum Gasteiger partial charge on any atom is -0.475 e. The van der Waals surface area contributed by atoms with Crippen molar-refractivity contribution in [3.63, 3.8) is 0 Å². The Balaban J connectivity index is 2.04. The Morgan fingerprint density at radius 2 is 2.19 bits per heavy atom. The Bertz CT molecular complexity index is 373. The molecular formula is C12H16N2O2. The third-order valence-electron chi connectivity index (χ3n) is 2.42. The third kappa shape index (κ3) is 2.59. The van der Waals surface area contributed by atoms with Gasteiger partial charge in [0.25, 0.3) is 0 Å². The summed E-state index contributed by atoms with van der Waals surface area (Å²) in [4.78, 5) is 9.20. The molecule has 4 heteroatoms. The van der Waals surface area contributed by atoms with Crippen molar-refractivity contribution in [1.29, 1.82) is 0 Å². The van der Waals surface area contributed by atoms with E-state index < -0.39 is 0 Å². The molecule has 0 fully saturated rings. The molecule has 1 N–H and O–H groups in total. The minimum atomic E-state index is 0.268. The molecular weight excluding hydrogens is 204 g/mol. The van der Waals surface area contributed by atoms with Crippen molar-refractivity contribution in [2.75, 3.05) is 13.7 Å². The summed E-state index contributed by atoms with van der Waals surface area (Å²) in [6.45, 7) is 3.42. The first kappa shape index (κ1) is 11.1. The van der Waals surface area contributed by atoms with Crippen molar-refractivity contribution < 1.29 is 9.57 Å². The Hall–Kier alpha value is -1.39. The molecule has 0 aromatic heterocycles. The van der Waals surface area contributed by atoms with Crippen LogP contribution >= 0.6 is 0 Å². The zero-order chi connectivity index (χ0) is 11.4. The number of nitrogens with one attached hydrogen (secondary N) is 1. The van der Waals surface area contributed by atoms with E-state index in [9.17, 15) is 0 Å². The monoisotopic (exact) mass is 220 g/mol. The van der Waals surface area contributed by atoms with Crippen LogP contribution < -0.4 is 5.48 Å². The van der Waals surface area contributed by atoms with Gasteiger partial charge in [-0.25, -0.2) is 4.99 Å². The molecule has 16 heavy (non-hydrogen) atoms. The molecule has 2 rings (SSSR count). The summed E-state index contributed by atoms with van der Waals surface area (Å²) >= 11 is 0. The van der Waals surface area contributed by atoms with Gasteiger partial charge in [0.2, 0.25) is 5.90 Å². The maximum atomic E-state index is 5.48. The molecule has 0 spiro atoms. The molecule has 86 valence electrons. The fourth-order valence-corrected chi connectivity index (χ4v) is 1.55. The summed E-state index contributed by atoms with van der Waals surface area (Å²) < 4.78 is 5.48. The normalized spacial score (nSPS) is 19.4. The Labute approximate surface area is 95.2 Å². The lowest BCUT2D eigenvalue weighted by molar-refractivity contribution is 0.0867. The molecule has 1 aliphatic heterocycles. The molecule has 4 nitrogen and oxygen atoms in total. The SMILES string of the molecule is CONCc1ccc(C2=NC(C)CO2)cc1. The standard InChI is InChI=1S/C12H16N2O2/c1-9-8-16-12(14-9)11-5-3-10(4-6-11)7-13-15-2/h3-6,9,13H,7-8H2,1-2H3. The highest BCUT2D eigenvalue weighted by Gasteiger charge is 2.15. The molecule has 1 atom stereocenters. The van der Waals surface area contributed by atoms with E-state index in [4.69, 9.17) is 9.57 Å². The second-order valence-corrected chi connectivity index (χ2v) is 3.82. The lowest BCUT2D eigenvalue weighted by Gasteiger charge is -2.04. The fraction of sp³-hybridized carbons (Fsp3) is 0.417. The van der Waals surface area contributed by atoms with Gasteiger partial charge in [0, 0.05) is 12.1 Å². The molecule has 0 saturated heterocycles. The summed E-state index contributed by atoms with van der Waals surface area (Å²) in [7, 11) is 1.61. The van der Waals surface area contributed by atoms with Gasteiger partial charge in [-0.3, -0.25) is 0 Å². The van der Waals surface area contributed by atoms with E-state index >= 15 is 0 Å². The van der Waals surface area contributed by atoms with Gasteiger partial charge in [0.05, 0.1) is 13.2 Å². The van der Waals surface area contributed by atoms with Gasteiger partial charge in [-0.15, -0.1) is 0 Å². The number of hydrogen-bond donors (Lipinski definition) is 1. The van der Waals surface area contributed by atoms with E-state index in [2.05, 4.69) is 10.5 Å². The lowest BCUT2D eigenvalue weighted by Crippen LogP contribution is -2.10. The number of aliphatic imine (C=N–C) groups is 1. The number of hydroxylamine groups is 1. The largest absolute Gasteiger partial charge is 0.475 e. The topological polar surface area (TPSA) is 42.8 Å².